The predicted molar refractivity (Wildman–Crippen MR) is 72.2 cm³/mol. The average molecular weight is 321 g/mol. The molecule has 0 amide bonds. The topological polar surface area (TPSA) is 27.3 Å². The van der Waals surface area contributed by atoms with E-state index in [9.17, 15) is 0 Å². The first kappa shape index (κ1) is 11.7. The molecule has 0 fully saturated rings. The van der Waals surface area contributed by atoms with Crippen molar-refractivity contribution in [1.82, 2.24) is 10.4 Å². The summed E-state index contributed by atoms with van der Waals surface area (Å²) in [6, 6.07) is 8.01. The van der Waals surface area contributed by atoms with Crippen LogP contribution >= 0.6 is 34.8 Å². The van der Waals surface area contributed by atoms with Crippen LogP contribution in [0.1, 0.15) is 0 Å². The Morgan fingerprint density at radius 3 is 2.64 bits per heavy atom. The lowest BCUT2D eigenvalue weighted by atomic mass is 10.3. The highest BCUT2D eigenvalue weighted by atomic mass is 127. The van der Waals surface area contributed by atoms with Crippen LogP contribution in [0.15, 0.2) is 24.3 Å². The summed E-state index contributed by atoms with van der Waals surface area (Å²) in [7, 11) is 3.69. The van der Waals surface area contributed by atoms with Gasteiger partial charge in [-0.05, 0) is 46.9 Å². The van der Waals surface area contributed by atoms with E-state index in [-0.39, 0.29) is 0 Å². The Kier molecular flexibility index (Phi) is 4.56. The largest absolute Gasteiger partial charge is 0.331 e. The van der Waals surface area contributed by atoms with Crippen molar-refractivity contribution in [2.75, 3.05) is 19.4 Å². The molecular formula is C9H12IN3S. The summed E-state index contributed by atoms with van der Waals surface area (Å²) in [5.74, 6) is 0. The zero-order valence-electron chi connectivity index (χ0n) is 8.04. The molecule has 0 saturated carbocycles. The van der Waals surface area contributed by atoms with E-state index in [4.69, 9.17) is 12.2 Å². The first-order valence-corrected chi connectivity index (χ1v) is 5.60. The molecule has 0 bridgehead atoms. The summed E-state index contributed by atoms with van der Waals surface area (Å²) in [6.07, 6.45) is 0. The molecule has 0 atom stereocenters. The van der Waals surface area contributed by atoms with Gasteiger partial charge >= 0.3 is 0 Å². The van der Waals surface area contributed by atoms with Gasteiger partial charge < -0.3 is 5.32 Å². The Morgan fingerprint density at radius 2 is 2.07 bits per heavy atom. The summed E-state index contributed by atoms with van der Waals surface area (Å²) < 4.78 is 1.15. The van der Waals surface area contributed by atoms with Crippen LogP contribution in [-0.2, 0) is 0 Å². The molecule has 0 aliphatic heterocycles. The number of benzene rings is 1. The first-order chi connectivity index (χ1) is 6.65. The van der Waals surface area contributed by atoms with E-state index in [0.29, 0.717) is 5.11 Å². The third kappa shape index (κ3) is 3.07. The molecular weight excluding hydrogens is 309 g/mol. The number of thiocarbonyl (C=S) groups is 1. The van der Waals surface area contributed by atoms with Crippen LogP contribution in [0, 0.1) is 3.57 Å². The van der Waals surface area contributed by atoms with E-state index in [0.717, 1.165) is 9.26 Å². The third-order valence-electron chi connectivity index (χ3n) is 1.76. The number of halogens is 1. The normalized spacial score (nSPS) is 9.64. The molecule has 1 rings (SSSR count). The SMILES string of the molecule is CNN(C)C(=S)Nc1ccccc1I. The number of nitrogens with one attached hydrogen (secondary N) is 2. The van der Waals surface area contributed by atoms with Gasteiger partial charge in [0.2, 0.25) is 0 Å². The number of hydrogen-bond acceptors (Lipinski definition) is 2. The van der Waals surface area contributed by atoms with Gasteiger partial charge in [0.05, 0.1) is 5.69 Å². The Labute approximate surface area is 103 Å². The van der Waals surface area contributed by atoms with Crippen molar-refractivity contribution >= 4 is 45.6 Å². The van der Waals surface area contributed by atoms with Gasteiger partial charge in [0.15, 0.2) is 5.11 Å². The van der Waals surface area contributed by atoms with Gasteiger partial charge in [0.1, 0.15) is 0 Å². The van der Waals surface area contributed by atoms with Gasteiger partial charge in [0.25, 0.3) is 0 Å². The molecule has 1 aromatic carbocycles. The Balaban J connectivity index is 2.70. The summed E-state index contributed by atoms with van der Waals surface area (Å²) in [5.41, 5.74) is 3.96. The molecule has 0 aliphatic carbocycles. The maximum atomic E-state index is 5.17. The zero-order valence-corrected chi connectivity index (χ0v) is 11.0. The zero-order chi connectivity index (χ0) is 10.6. The highest BCUT2D eigenvalue weighted by Gasteiger charge is 2.03. The monoisotopic (exact) mass is 321 g/mol. The van der Waals surface area contributed by atoms with Crippen molar-refractivity contribution in [2.45, 2.75) is 0 Å². The van der Waals surface area contributed by atoms with E-state index >= 15 is 0 Å². The van der Waals surface area contributed by atoms with Gasteiger partial charge in [-0.2, -0.15) is 0 Å². The summed E-state index contributed by atoms with van der Waals surface area (Å²) >= 11 is 7.43. The molecule has 0 radical (unpaired) electrons. The van der Waals surface area contributed by atoms with E-state index in [1.807, 2.05) is 38.4 Å². The minimum Gasteiger partial charge on any atom is -0.331 e. The number of nitrogens with zero attached hydrogens (tertiary/aromatic N) is 1. The van der Waals surface area contributed by atoms with E-state index < -0.39 is 0 Å². The predicted octanol–water partition coefficient (Wildman–Crippen LogP) is 2.05. The molecule has 0 aromatic heterocycles. The minimum atomic E-state index is 0.650. The van der Waals surface area contributed by atoms with Crippen LogP contribution in [-0.4, -0.2) is 24.2 Å². The Hall–Kier alpha value is -0.400. The van der Waals surface area contributed by atoms with Crippen molar-refractivity contribution in [3.63, 3.8) is 0 Å². The number of hydrogen-bond donors (Lipinski definition) is 2. The van der Waals surface area contributed by atoms with Crippen molar-refractivity contribution in [3.8, 4) is 0 Å². The van der Waals surface area contributed by atoms with Crippen LogP contribution in [0.5, 0.6) is 0 Å². The summed E-state index contributed by atoms with van der Waals surface area (Å²) in [5, 5.41) is 5.55. The third-order valence-corrected chi connectivity index (χ3v) is 3.07. The fourth-order valence-corrected chi connectivity index (χ4v) is 1.59. The lowest BCUT2D eigenvalue weighted by Crippen LogP contribution is -2.39. The standard InChI is InChI=1S/C9H12IN3S/c1-11-13(2)9(14)12-8-6-4-3-5-7(8)10/h3-6,11H,1-2H3,(H,12,14). The Morgan fingerprint density at radius 1 is 1.43 bits per heavy atom. The summed E-state index contributed by atoms with van der Waals surface area (Å²) in [4.78, 5) is 0. The highest BCUT2D eigenvalue weighted by molar-refractivity contribution is 14.1. The highest BCUT2D eigenvalue weighted by Crippen LogP contribution is 2.16. The molecule has 0 saturated heterocycles. The smallest absolute Gasteiger partial charge is 0.187 e. The molecule has 1 aromatic rings. The van der Waals surface area contributed by atoms with Crippen molar-refractivity contribution in [1.29, 1.82) is 0 Å². The molecule has 0 aliphatic rings. The second-order valence-corrected chi connectivity index (χ2v) is 4.24. The molecule has 3 nitrogen and oxygen atoms in total. The van der Waals surface area contributed by atoms with E-state index in [1.54, 1.807) is 5.01 Å². The fourth-order valence-electron chi connectivity index (χ4n) is 0.863. The maximum Gasteiger partial charge on any atom is 0.187 e. The molecule has 5 heteroatoms. The molecule has 0 heterocycles. The van der Waals surface area contributed by atoms with Gasteiger partial charge in [0, 0.05) is 17.7 Å². The van der Waals surface area contributed by atoms with Crippen molar-refractivity contribution < 1.29 is 0 Å². The number of para-hydroxylation sites is 1. The molecule has 0 spiro atoms. The maximum absolute atomic E-state index is 5.17. The van der Waals surface area contributed by atoms with Gasteiger partial charge in [-0.1, -0.05) is 12.1 Å². The number of hydrazine groups is 1. The molecule has 14 heavy (non-hydrogen) atoms. The summed E-state index contributed by atoms with van der Waals surface area (Å²) in [6.45, 7) is 0. The van der Waals surface area contributed by atoms with Gasteiger partial charge in [-0.15, -0.1) is 0 Å². The second-order valence-electron chi connectivity index (χ2n) is 2.69. The molecule has 0 unspecified atom stereocenters. The number of rotatable bonds is 2. The van der Waals surface area contributed by atoms with Crippen LogP contribution in [0.2, 0.25) is 0 Å². The first-order valence-electron chi connectivity index (χ1n) is 4.11. The van der Waals surface area contributed by atoms with Gasteiger partial charge in [-0.3, -0.25) is 5.01 Å². The van der Waals surface area contributed by atoms with Crippen LogP contribution in [0.25, 0.3) is 0 Å². The van der Waals surface area contributed by atoms with Gasteiger partial charge in [-0.25, -0.2) is 5.43 Å². The van der Waals surface area contributed by atoms with E-state index in [1.165, 1.54) is 0 Å². The van der Waals surface area contributed by atoms with Crippen LogP contribution in [0.3, 0.4) is 0 Å². The minimum absolute atomic E-state index is 0.650. The second kappa shape index (κ2) is 5.47. The fraction of sp³-hybridized carbons (Fsp3) is 0.222. The van der Waals surface area contributed by atoms with Crippen molar-refractivity contribution in [3.05, 3.63) is 27.8 Å². The van der Waals surface area contributed by atoms with Crippen LogP contribution in [0.4, 0.5) is 5.69 Å². The quantitative estimate of drug-likeness (QED) is 0.495. The number of anilines is 1. The molecule has 76 valence electrons. The average Bonchev–Trinajstić information content (AvgIpc) is 2.20. The lowest BCUT2D eigenvalue weighted by molar-refractivity contribution is 0.416. The molecule has 2 N–H and O–H groups in total. The van der Waals surface area contributed by atoms with Crippen molar-refractivity contribution in [2.24, 2.45) is 0 Å². The van der Waals surface area contributed by atoms with Crippen LogP contribution < -0.4 is 10.7 Å². The Bertz CT molecular complexity index is 330. The van der Waals surface area contributed by atoms with E-state index in [2.05, 4.69) is 33.3 Å². The lowest BCUT2D eigenvalue weighted by Gasteiger charge is -2.19.